The largest absolute Gasteiger partial charge is 0.462 e. The number of hydrogen-bond acceptors (Lipinski definition) is 5. The number of rotatable bonds is 10. The topological polar surface area (TPSA) is 85.6 Å². The highest BCUT2D eigenvalue weighted by atomic mass is 16.5. The van der Waals surface area contributed by atoms with Crippen molar-refractivity contribution in [1.82, 2.24) is 0 Å². The second-order valence-electron chi connectivity index (χ2n) is 6.40. The lowest BCUT2D eigenvalue weighted by Crippen LogP contribution is -2.13. The Kier molecular flexibility index (Phi) is 8.21. The first-order valence-electron chi connectivity index (χ1n) is 9.32. The number of ketones is 1. The van der Waals surface area contributed by atoms with E-state index in [4.69, 9.17) is 9.15 Å². The maximum absolute atomic E-state index is 12.1. The molecule has 2 aromatic rings. The Labute approximate surface area is 164 Å². The van der Waals surface area contributed by atoms with Gasteiger partial charge in [-0.15, -0.1) is 0 Å². The zero-order valence-electron chi connectivity index (χ0n) is 16.2. The zero-order chi connectivity index (χ0) is 20.4. The lowest BCUT2D eigenvalue weighted by Gasteiger charge is -2.06. The van der Waals surface area contributed by atoms with Crippen molar-refractivity contribution in [2.24, 2.45) is 0 Å². The molecule has 0 fully saturated rings. The first-order chi connectivity index (χ1) is 13.5. The molecule has 0 aliphatic heterocycles. The number of anilines is 1. The molecule has 0 radical (unpaired) electrons. The summed E-state index contributed by atoms with van der Waals surface area (Å²) < 4.78 is 10.3. The van der Waals surface area contributed by atoms with E-state index in [1.807, 2.05) is 0 Å². The molecule has 1 N–H and O–H groups in total. The summed E-state index contributed by atoms with van der Waals surface area (Å²) in [7, 11) is 0. The van der Waals surface area contributed by atoms with Gasteiger partial charge in [0, 0.05) is 23.7 Å². The van der Waals surface area contributed by atoms with E-state index in [1.54, 1.807) is 43.3 Å². The third kappa shape index (κ3) is 7.23. The van der Waals surface area contributed by atoms with E-state index in [0.29, 0.717) is 23.4 Å². The molecule has 0 aliphatic carbocycles. The first kappa shape index (κ1) is 21.2. The molecule has 6 nitrogen and oxygen atoms in total. The third-order valence-electron chi connectivity index (χ3n) is 3.99. The fourth-order valence-corrected chi connectivity index (χ4v) is 2.46. The van der Waals surface area contributed by atoms with Gasteiger partial charge in [-0.2, -0.15) is 0 Å². The van der Waals surface area contributed by atoms with Crippen molar-refractivity contribution < 1.29 is 23.5 Å². The van der Waals surface area contributed by atoms with Crippen molar-refractivity contribution >= 4 is 29.4 Å². The number of ether oxygens (including phenoxy) is 1. The van der Waals surface area contributed by atoms with Gasteiger partial charge in [-0.05, 0) is 55.8 Å². The third-order valence-corrected chi connectivity index (χ3v) is 3.99. The summed E-state index contributed by atoms with van der Waals surface area (Å²) >= 11 is 0. The van der Waals surface area contributed by atoms with Crippen molar-refractivity contribution in [3.05, 3.63) is 59.6 Å². The number of Topliss-reactive ketones (excluding diaryl/α,β-unsaturated/α-hetero) is 1. The minimum atomic E-state index is -0.627. The molecule has 1 aromatic heterocycles. The van der Waals surface area contributed by atoms with Gasteiger partial charge < -0.3 is 14.5 Å². The van der Waals surface area contributed by atoms with E-state index in [-0.39, 0.29) is 18.3 Å². The fourth-order valence-electron chi connectivity index (χ4n) is 2.46. The van der Waals surface area contributed by atoms with E-state index in [9.17, 15) is 14.4 Å². The highest BCUT2D eigenvalue weighted by molar-refractivity contribution is 5.99. The number of esters is 1. The van der Waals surface area contributed by atoms with Crippen LogP contribution in [-0.4, -0.2) is 24.3 Å². The van der Waals surface area contributed by atoms with Crippen LogP contribution in [0, 0.1) is 6.92 Å². The van der Waals surface area contributed by atoms with Crippen LogP contribution in [0.1, 0.15) is 54.5 Å². The maximum atomic E-state index is 12.1. The van der Waals surface area contributed by atoms with Gasteiger partial charge in [-0.25, -0.2) is 4.79 Å². The summed E-state index contributed by atoms with van der Waals surface area (Å²) in [4.78, 5) is 35.6. The summed E-state index contributed by atoms with van der Waals surface area (Å²) in [5, 5.41) is 2.80. The Bertz CT molecular complexity index is 833. The molecule has 6 heteroatoms. The lowest BCUT2D eigenvalue weighted by atomic mass is 10.1. The average molecular weight is 383 g/mol. The van der Waals surface area contributed by atoms with Gasteiger partial charge in [0.1, 0.15) is 11.5 Å². The van der Waals surface area contributed by atoms with Crippen molar-refractivity contribution in [2.75, 3.05) is 11.9 Å². The number of benzene rings is 1. The first-order valence-corrected chi connectivity index (χ1v) is 9.32. The van der Waals surface area contributed by atoms with Crippen molar-refractivity contribution in [3.8, 4) is 0 Å². The minimum absolute atomic E-state index is 0.0417. The second kappa shape index (κ2) is 10.9. The van der Waals surface area contributed by atoms with Crippen molar-refractivity contribution in [1.29, 1.82) is 0 Å². The highest BCUT2D eigenvalue weighted by Gasteiger charge is 2.09. The van der Waals surface area contributed by atoms with Crippen LogP contribution in [0.5, 0.6) is 0 Å². The van der Waals surface area contributed by atoms with E-state index in [1.165, 1.54) is 12.2 Å². The molecule has 0 aliphatic rings. The molecule has 0 saturated carbocycles. The van der Waals surface area contributed by atoms with Gasteiger partial charge in [-0.3, -0.25) is 9.59 Å². The van der Waals surface area contributed by atoms with E-state index >= 15 is 0 Å². The number of furan rings is 1. The predicted octanol–water partition coefficient (Wildman–Crippen LogP) is 4.55. The SMILES string of the molecule is CCCCCC(=O)Nc1ccc(C(=O)COC(=O)/C=C/c2ccc(C)o2)cc1. The van der Waals surface area contributed by atoms with Crippen LogP contribution in [0.2, 0.25) is 0 Å². The van der Waals surface area contributed by atoms with Crippen LogP contribution in [0.4, 0.5) is 5.69 Å². The van der Waals surface area contributed by atoms with Crippen LogP contribution < -0.4 is 5.32 Å². The monoisotopic (exact) mass is 383 g/mol. The summed E-state index contributed by atoms with van der Waals surface area (Å²) in [6.07, 6.45) is 6.12. The molecule has 28 heavy (non-hydrogen) atoms. The highest BCUT2D eigenvalue weighted by Crippen LogP contribution is 2.12. The molecule has 1 aromatic carbocycles. The second-order valence-corrected chi connectivity index (χ2v) is 6.40. The van der Waals surface area contributed by atoms with E-state index in [0.717, 1.165) is 25.0 Å². The molecule has 1 amide bonds. The minimum Gasteiger partial charge on any atom is -0.462 e. The number of carbonyl (C=O) groups excluding carboxylic acids is 3. The number of carbonyl (C=O) groups is 3. The quantitative estimate of drug-likeness (QED) is 0.282. The molecule has 0 saturated heterocycles. The standard InChI is InChI=1S/C22H25NO5/c1-3-4-5-6-21(25)23-18-10-8-17(9-11-18)20(24)15-27-22(26)14-13-19-12-7-16(2)28-19/h7-14H,3-6,15H2,1-2H3,(H,23,25)/b14-13+. The van der Waals surface area contributed by atoms with Crippen molar-refractivity contribution in [2.45, 2.75) is 39.5 Å². The fraction of sp³-hybridized carbons (Fsp3) is 0.318. The molecule has 1 heterocycles. The number of amides is 1. The van der Waals surface area contributed by atoms with Crippen molar-refractivity contribution in [3.63, 3.8) is 0 Å². The van der Waals surface area contributed by atoms with Crippen LogP contribution >= 0.6 is 0 Å². The van der Waals surface area contributed by atoms with Gasteiger partial charge in [0.25, 0.3) is 0 Å². The van der Waals surface area contributed by atoms with E-state index in [2.05, 4.69) is 12.2 Å². The summed E-state index contributed by atoms with van der Waals surface area (Å²) in [6.45, 7) is 3.53. The summed E-state index contributed by atoms with van der Waals surface area (Å²) in [5.74, 6) is 0.284. The van der Waals surface area contributed by atoms with Gasteiger partial charge >= 0.3 is 5.97 Å². The number of hydrogen-bond donors (Lipinski definition) is 1. The van der Waals surface area contributed by atoms with Gasteiger partial charge in [0.2, 0.25) is 5.91 Å². The Morgan fingerprint density at radius 3 is 2.46 bits per heavy atom. The molecule has 148 valence electrons. The number of nitrogens with one attached hydrogen (secondary N) is 1. The van der Waals surface area contributed by atoms with E-state index < -0.39 is 5.97 Å². The van der Waals surface area contributed by atoms with Crippen LogP contribution in [0.15, 0.2) is 46.9 Å². The molecule has 0 unspecified atom stereocenters. The van der Waals surface area contributed by atoms with Gasteiger partial charge in [0.05, 0.1) is 0 Å². The number of aryl methyl sites for hydroxylation is 1. The maximum Gasteiger partial charge on any atom is 0.331 e. The molecular weight excluding hydrogens is 358 g/mol. The van der Waals surface area contributed by atoms with Crippen LogP contribution in [0.3, 0.4) is 0 Å². The lowest BCUT2D eigenvalue weighted by molar-refractivity contribution is -0.136. The molecule has 2 rings (SSSR count). The Morgan fingerprint density at radius 2 is 1.82 bits per heavy atom. The van der Waals surface area contributed by atoms with Crippen LogP contribution in [-0.2, 0) is 14.3 Å². The molecule has 0 spiro atoms. The summed E-state index contributed by atoms with van der Waals surface area (Å²) in [6, 6.07) is 10.0. The molecular formula is C22H25NO5. The summed E-state index contributed by atoms with van der Waals surface area (Å²) in [5.41, 5.74) is 1.04. The predicted molar refractivity (Wildman–Crippen MR) is 107 cm³/mol. The molecule has 0 bridgehead atoms. The normalized spacial score (nSPS) is 10.8. The Hall–Kier alpha value is -3.15. The Morgan fingerprint density at radius 1 is 1.07 bits per heavy atom. The average Bonchev–Trinajstić information content (AvgIpc) is 3.10. The Balaban J connectivity index is 1.78. The van der Waals surface area contributed by atoms with Gasteiger partial charge in [-0.1, -0.05) is 19.8 Å². The smallest absolute Gasteiger partial charge is 0.331 e. The van der Waals surface area contributed by atoms with Gasteiger partial charge in [0.15, 0.2) is 12.4 Å². The molecule has 0 atom stereocenters. The zero-order valence-corrected chi connectivity index (χ0v) is 16.2. The van der Waals surface area contributed by atoms with Crippen LogP contribution in [0.25, 0.3) is 6.08 Å². The number of unbranched alkanes of at least 4 members (excludes halogenated alkanes) is 2.